The van der Waals surface area contributed by atoms with Crippen molar-refractivity contribution < 1.29 is 24.2 Å². The maximum Gasteiger partial charge on any atom is 0.320 e. The highest BCUT2D eigenvalue weighted by molar-refractivity contribution is 5.76. The van der Waals surface area contributed by atoms with Gasteiger partial charge in [-0.05, 0) is 6.42 Å². The topological polar surface area (TPSA) is 79.3 Å². The number of methoxy groups -OCH3 is 1. The molecule has 110 valence electrons. The fourth-order valence-electron chi connectivity index (χ4n) is 2.04. The smallest absolute Gasteiger partial charge is 0.320 e. The van der Waals surface area contributed by atoms with Crippen molar-refractivity contribution in [2.45, 2.75) is 18.9 Å². The van der Waals surface area contributed by atoms with Crippen LogP contribution in [-0.2, 0) is 14.3 Å². The van der Waals surface area contributed by atoms with Gasteiger partial charge in [0.2, 0.25) is 0 Å². The maximum absolute atomic E-state index is 12.2. The third-order valence-corrected chi connectivity index (χ3v) is 3.05. The number of carboxylic acid groups (broad SMARTS) is 1. The van der Waals surface area contributed by atoms with Crippen LogP contribution in [0.5, 0.6) is 0 Å². The number of nitrogens with zero attached hydrogens (tertiary/aromatic N) is 2. The molecule has 0 aromatic rings. The van der Waals surface area contributed by atoms with Crippen molar-refractivity contribution in [3.63, 3.8) is 0 Å². The minimum absolute atomic E-state index is 0.0857. The molecule has 0 bridgehead atoms. The number of carbonyl (C=O) groups excluding carboxylic acids is 1. The summed E-state index contributed by atoms with van der Waals surface area (Å²) in [7, 11) is 3.33. The van der Waals surface area contributed by atoms with Crippen LogP contribution in [0.15, 0.2) is 0 Å². The van der Waals surface area contributed by atoms with Crippen LogP contribution >= 0.6 is 0 Å². The predicted octanol–water partition coefficient (Wildman–Crippen LogP) is 0.250. The lowest BCUT2D eigenvalue weighted by Crippen LogP contribution is -2.53. The molecule has 1 rings (SSSR count). The highest BCUT2D eigenvalue weighted by Crippen LogP contribution is 2.13. The van der Waals surface area contributed by atoms with Crippen LogP contribution in [0, 0.1) is 0 Å². The van der Waals surface area contributed by atoms with Crippen molar-refractivity contribution in [3.8, 4) is 0 Å². The van der Waals surface area contributed by atoms with Gasteiger partial charge in [0.1, 0.15) is 0 Å². The highest BCUT2D eigenvalue weighted by Gasteiger charge is 2.30. The first-order valence-electron chi connectivity index (χ1n) is 6.36. The van der Waals surface area contributed by atoms with Gasteiger partial charge in [0.05, 0.1) is 25.7 Å². The maximum atomic E-state index is 12.2. The molecule has 1 N–H and O–H groups in total. The van der Waals surface area contributed by atoms with Gasteiger partial charge >= 0.3 is 12.0 Å². The van der Waals surface area contributed by atoms with Gasteiger partial charge in [0.15, 0.2) is 0 Å². The summed E-state index contributed by atoms with van der Waals surface area (Å²) in [6.45, 7) is 2.35. The molecule has 1 aliphatic heterocycles. The second kappa shape index (κ2) is 7.96. The lowest BCUT2D eigenvalue weighted by atomic mass is 10.1. The Bertz CT molecular complexity index is 310. The average molecular weight is 274 g/mol. The van der Waals surface area contributed by atoms with Gasteiger partial charge < -0.3 is 24.4 Å². The number of carbonyl (C=O) groups is 2. The Morgan fingerprint density at radius 2 is 2.26 bits per heavy atom. The van der Waals surface area contributed by atoms with Crippen LogP contribution in [-0.4, -0.2) is 80.0 Å². The molecular formula is C12H22N2O5. The number of rotatable bonds is 6. The number of aliphatic carboxylic acids is 1. The van der Waals surface area contributed by atoms with Gasteiger partial charge in [-0.25, -0.2) is 4.79 Å². The van der Waals surface area contributed by atoms with E-state index in [1.54, 1.807) is 24.0 Å². The molecule has 1 unspecified atom stereocenters. The van der Waals surface area contributed by atoms with E-state index in [2.05, 4.69) is 0 Å². The van der Waals surface area contributed by atoms with E-state index in [4.69, 9.17) is 14.6 Å². The van der Waals surface area contributed by atoms with E-state index in [-0.39, 0.29) is 25.1 Å². The number of hydrogen-bond acceptors (Lipinski definition) is 4. The molecule has 1 saturated heterocycles. The summed E-state index contributed by atoms with van der Waals surface area (Å²) in [5.41, 5.74) is 0. The van der Waals surface area contributed by atoms with Crippen LogP contribution in [0.2, 0.25) is 0 Å². The Labute approximate surface area is 113 Å². The number of carboxylic acids is 1. The molecule has 1 aliphatic rings. The Hall–Kier alpha value is -1.34. The molecule has 0 aromatic carbocycles. The summed E-state index contributed by atoms with van der Waals surface area (Å²) < 4.78 is 10.2. The molecule has 2 amide bonds. The van der Waals surface area contributed by atoms with Crippen molar-refractivity contribution >= 4 is 12.0 Å². The Kier molecular flexibility index (Phi) is 6.58. The summed E-state index contributed by atoms with van der Waals surface area (Å²) in [5.74, 6) is -0.921. The molecule has 1 atom stereocenters. The Balaban J connectivity index is 2.53. The summed E-state index contributed by atoms with van der Waals surface area (Å²) >= 11 is 0. The van der Waals surface area contributed by atoms with Crippen LogP contribution in [0.1, 0.15) is 12.8 Å². The lowest BCUT2D eigenvalue weighted by molar-refractivity contribution is -0.139. The molecule has 7 nitrogen and oxygen atoms in total. The number of amides is 2. The van der Waals surface area contributed by atoms with E-state index in [0.29, 0.717) is 26.3 Å². The van der Waals surface area contributed by atoms with Crippen molar-refractivity contribution in [3.05, 3.63) is 0 Å². The molecule has 0 aliphatic carbocycles. The monoisotopic (exact) mass is 274 g/mol. The summed E-state index contributed by atoms with van der Waals surface area (Å²) in [4.78, 5) is 26.2. The van der Waals surface area contributed by atoms with Gasteiger partial charge in [-0.2, -0.15) is 0 Å². The molecule has 19 heavy (non-hydrogen) atoms. The second-order valence-corrected chi connectivity index (χ2v) is 4.57. The van der Waals surface area contributed by atoms with Crippen molar-refractivity contribution in [1.29, 1.82) is 0 Å². The van der Waals surface area contributed by atoms with Crippen LogP contribution in [0.4, 0.5) is 4.79 Å². The van der Waals surface area contributed by atoms with Gasteiger partial charge in [0, 0.05) is 33.9 Å². The lowest BCUT2D eigenvalue weighted by Gasteiger charge is -2.37. The number of hydrogen-bond donors (Lipinski definition) is 1. The molecule has 1 heterocycles. The zero-order chi connectivity index (χ0) is 14.3. The normalized spacial score (nSPS) is 19.3. The Morgan fingerprint density at radius 3 is 2.89 bits per heavy atom. The largest absolute Gasteiger partial charge is 0.481 e. The standard InChI is InChI=1S/C12H22N2O5/c1-13(4-3-6-18-2)12(17)14-5-7-19-9-10(14)8-11(15)16/h10H,3-9H2,1-2H3,(H,15,16). The number of urea groups is 1. The van der Waals surface area contributed by atoms with Gasteiger partial charge in [-0.1, -0.05) is 0 Å². The molecule has 7 heteroatoms. The second-order valence-electron chi connectivity index (χ2n) is 4.57. The predicted molar refractivity (Wildman–Crippen MR) is 68.1 cm³/mol. The summed E-state index contributed by atoms with van der Waals surface area (Å²) in [6.07, 6.45) is 0.671. The highest BCUT2D eigenvalue weighted by atomic mass is 16.5. The first kappa shape index (κ1) is 15.7. The van der Waals surface area contributed by atoms with Crippen LogP contribution < -0.4 is 0 Å². The van der Waals surface area contributed by atoms with Gasteiger partial charge in [-0.15, -0.1) is 0 Å². The van der Waals surface area contributed by atoms with E-state index in [9.17, 15) is 9.59 Å². The third-order valence-electron chi connectivity index (χ3n) is 3.05. The molecule has 0 spiro atoms. The van der Waals surface area contributed by atoms with E-state index >= 15 is 0 Å². The van der Waals surface area contributed by atoms with E-state index in [1.165, 1.54) is 0 Å². The zero-order valence-electron chi connectivity index (χ0n) is 11.5. The third kappa shape index (κ3) is 5.04. The van der Waals surface area contributed by atoms with Crippen LogP contribution in [0.25, 0.3) is 0 Å². The quantitative estimate of drug-likeness (QED) is 0.702. The first-order valence-corrected chi connectivity index (χ1v) is 6.36. The molecule has 0 saturated carbocycles. The van der Waals surface area contributed by atoms with Crippen molar-refractivity contribution in [1.82, 2.24) is 9.80 Å². The molecular weight excluding hydrogens is 252 g/mol. The number of ether oxygens (including phenoxy) is 2. The van der Waals surface area contributed by atoms with E-state index in [1.807, 2.05) is 0 Å². The van der Waals surface area contributed by atoms with Crippen molar-refractivity contribution in [2.24, 2.45) is 0 Å². The molecule has 1 fully saturated rings. The van der Waals surface area contributed by atoms with Crippen molar-refractivity contribution in [2.75, 3.05) is 47.1 Å². The number of morpholine rings is 1. The van der Waals surface area contributed by atoms with Gasteiger partial charge in [-0.3, -0.25) is 4.79 Å². The van der Waals surface area contributed by atoms with E-state index in [0.717, 1.165) is 6.42 Å². The SMILES string of the molecule is COCCCN(C)C(=O)N1CCOCC1CC(=O)O. The Morgan fingerprint density at radius 1 is 1.53 bits per heavy atom. The fraction of sp³-hybridized carbons (Fsp3) is 0.833. The molecule has 0 radical (unpaired) electrons. The van der Waals surface area contributed by atoms with Crippen LogP contribution in [0.3, 0.4) is 0 Å². The first-order chi connectivity index (χ1) is 9.06. The van der Waals surface area contributed by atoms with Gasteiger partial charge in [0.25, 0.3) is 0 Å². The summed E-state index contributed by atoms with van der Waals surface area (Å²) in [5, 5.41) is 8.85. The molecule has 0 aromatic heterocycles. The minimum atomic E-state index is -0.921. The fourth-order valence-corrected chi connectivity index (χ4v) is 2.04. The average Bonchev–Trinajstić information content (AvgIpc) is 2.38. The summed E-state index contributed by atoms with van der Waals surface area (Å²) in [6, 6.07) is -0.533. The van der Waals surface area contributed by atoms with E-state index < -0.39 is 5.97 Å². The zero-order valence-corrected chi connectivity index (χ0v) is 11.5. The minimum Gasteiger partial charge on any atom is -0.481 e.